The summed E-state index contributed by atoms with van der Waals surface area (Å²) >= 11 is 0. The highest BCUT2D eigenvalue weighted by Gasteiger charge is 2.26. The number of nitrogens with one attached hydrogen (secondary N) is 1. The summed E-state index contributed by atoms with van der Waals surface area (Å²) in [7, 11) is 0. The van der Waals surface area contributed by atoms with Crippen LogP contribution in [-0.2, 0) is 4.79 Å². The lowest BCUT2D eigenvalue weighted by Crippen LogP contribution is -2.50. The van der Waals surface area contributed by atoms with E-state index in [9.17, 15) is 20.1 Å². The molecule has 0 heterocycles. The van der Waals surface area contributed by atoms with E-state index in [0.717, 1.165) is 32.1 Å². The maximum absolute atomic E-state index is 12.4. The molecule has 3 unspecified atom stereocenters. The highest BCUT2D eigenvalue weighted by Crippen LogP contribution is 2.17. The molecule has 0 fully saturated rings. The van der Waals surface area contributed by atoms with Crippen molar-refractivity contribution in [2.45, 2.75) is 257 Å². The Morgan fingerprint density at radius 3 is 1.02 bits per heavy atom. The van der Waals surface area contributed by atoms with Crippen LogP contribution in [0.5, 0.6) is 0 Å². The van der Waals surface area contributed by atoms with E-state index in [-0.39, 0.29) is 12.5 Å². The molecule has 0 saturated heterocycles. The van der Waals surface area contributed by atoms with E-state index in [2.05, 4.69) is 19.2 Å². The van der Waals surface area contributed by atoms with Gasteiger partial charge in [0.05, 0.1) is 18.8 Å². The van der Waals surface area contributed by atoms with Crippen molar-refractivity contribution in [3.8, 4) is 0 Å². The number of rotatable bonds is 39. The molecule has 0 radical (unpaired) electrons. The largest absolute Gasteiger partial charge is 0.394 e. The first-order chi connectivity index (χ1) is 23.1. The van der Waals surface area contributed by atoms with Gasteiger partial charge < -0.3 is 20.6 Å². The molecule has 3 atom stereocenters. The molecular formula is C42H85NO4. The maximum Gasteiger partial charge on any atom is 0.220 e. The van der Waals surface area contributed by atoms with Crippen LogP contribution in [0.3, 0.4) is 0 Å². The van der Waals surface area contributed by atoms with Crippen LogP contribution in [0.25, 0.3) is 0 Å². The molecule has 5 heteroatoms. The van der Waals surface area contributed by atoms with Crippen molar-refractivity contribution in [1.29, 1.82) is 0 Å². The number of carbonyl (C=O) groups excluding carboxylic acids is 1. The molecule has 5 nitrogen and oxygen atoms in total. The normalized spacial score (nSPS) is 13.6. The summed E-state index contributed by atoms with van der Waals surface area (Å²) < 4.78 is 0. The summed E-state index contributed by atoms with van der Waals surface area (Å²) in [4.78, 5) is 12.4. The number of hydrogen-bond acceptors (Lipinski definition) is 4. The van der Waals surface area contributed by atoms with E-state index in [1.807, 2.05) is 0 Å². The third-order valence-corrected chi connectivity index (χ3v) is 10.2. The van der Waals surface area contributed by atoms with Crippen LogP contribution in [0, 0.1) is 0 Å². The number of aliphatic hydroxyl groups is 3. The van der Waals surface area contributed by atoms with Gasteiger partial charge in [-0.15, -0.1) is 0 Å². The molecule has 0 aromatic carbocycles. The van der Waals surface area contributed by atoms with E-state index >= 15 is 0 Å². The smallest absolute Gasteiger partial charge is 0.220 e. The van der Waals surface area contributed by atoms with Gasteiger partial charge in [-0.3, -0.25) is 4.79 Å². The second-order valence-corrected chi connectivity index (χ2v) is 14.9. The fraction of sp³-hybridized carbons (Fsp3) is 0.976. The highest BCUT2D eigenvalue weighted by atomic mass is 16.3. The molecule has 0 aliphatic rings. The van der Waals surface area contributed by atoms with Crippen LogP contribution >= 0.6 is 0 Å². The van der Waals surface area contributed by atoms with Crippen molar-refractivity contribution in [2.24, 2.45) is 0 Å². The summed E-state index contributed by atoms with van der Waals surface area (Å²) in [6.07, 6.45) is 42.1. The van der Waals surface area contributed by atoms with Crippen LogP contribution < -0.4 is 5.32 Å². The molecule has 1 amide bonds. The lowest BCUT2D eigenvalue weighted by Gasteiger charge is -2.26. The second kappa shape index (κ2) is 38.2. The summed E-state index contributed by atoms with van der Waals surface area (Å²) in [5.74, 6) is -0.142. The predicted octanol–water partition coefficient (Wildman–Crippen LogP) is 11.9. The minimum atomic E-state index is -1.13. The zero-order valence-corrected chi connectivity index (χ0v) is 31.9. The fourth-order valence-corrected chi connectivity index (χ4v) is 6.87. The van der Waals surface area contributed by atoms with Crippen molar-refractivity contribution in [3.05, 3.63) is 0 Å². The molecule has 0 saturated carbocycles. The van der Waals surface area contributed by atoms with Gasteiger partial charge in [-0.25, -0.2) is 0 Å². The van der Waals surface area contributed by atoms with Gasteiger partial charge in [0.15, 0.2) is 0 Å². The van der Waals surface area contributed by atoms with Crippen LogP contribution in [0.4, 0.5) is 0 Å². The summed E-state index contributed by atoms with van der Waals surface area (Å²) in [6, 6.07) is -0.801. The molecule has 4 N–H and O–H groups in total. The zero-order chi connectivity index (χ0) is 34.5. The van der Waals surface area contributed by atoms with Gasteiger partial charge >= 0.3 is 0 Å². The molecule has 47 heavy (non-hydrogen) atoms. The van der Waals surface area contributed by atoms with E-state index < -0.39 is 18.2 Å². The number of hydrogen-bond donors (Lipinski definition) is 4. The number of carbonyl (C=O) groups is 1. The van der Waals surface area contributed by atoms with Gasteiger partial charge in [0.25, 0.3) is 0 Å². The molecule has 282 valence electrons. The van der Waals surface area contributed by atoms with Crippen LogP contribution in [0.2, 0.25) is 0 Å². The van der Waals surface area contributed by atoms with Gasteiger partial charge in [0, 0.05) is 6.42 Å². The maximum atomic E-state index is 12.4. The molecule has 0 aromatic heterocycles. The Balaban J connectivity index is 3.57. The monoisotopic (exact) mass is 668 g/mol. The minimum absolute atomic E-state index is 0.142. The van der Waals surface area contributed by atoms with E-state index in [1.165, 1.54) is 180 Å². The van der Waals surface area contributed by atoms with E-state index in [1.54, 1.807) is 0 Å². The molecule has 0 spiro atoms. The van der Waals surface area contributed by atoms with Crippen molar-refractivity contribution in [2.75, 3.05) is 6.61 Å². The Bertz CT molecular complexity index is 615. The summed E-state index contributed by atoms with van der Waals surface area (Å²) in [6.45, 7) is 4.18. The summed E-state index contributed by atoms with van der Waals surface area (Å²) in [5, 5.41) is 33.5. The summed E-state index contributed by atoms with van der Waals surface area (Å²) in [5.41, 5.74) is 0. The Morgan fingerprint density at radius 1 is 0.447 bits per heavy atom. The lowest BCUT2D eigenvalue weighted by molar-refractivity contribution is -0.124. The van der Waals surface area contributed by atoms with Crippen molar-refractivity contribution >= 4 is 5.91 Å². The number of unbranched alkanes of at least 4 members (excludes halogenated alkanes) is 31. The molecule has 0 aromatic rings. The average Bonchev–Trinajstić information content (AvgIpc) is 3.07. The topological polar surface area (TPSA) is 89.8 Å². The highest BCUT2D eigenvalue weighted by molar-refractivity contribution is 5.76. The molecule has 0 aliphatic heterocycles. The van der Waals surface area contributed by atoms with Crippen molar-refractivity contribution in [1.82, 2.24) is 5.32 Å². The molecular weight excluding hydrogens is 582 g/mol. The van der Waals surface area contributed by atoms with Gasteiger partial charge in [0.1, 0.15) is 6.10 Å². The minimum Gasteiger partial charge on any atom is -0.394 e. The van der Waals surface area contributed by atoms with Gasteiger partial charge in [-0.2, -0.15) is 0 Å². The van der Waals surface area contributed by atoms with Crippen LogP contribution in [0.1, 0.15) is 239 Å². The third kappa shape index (κ3) is 33.6. The van der Waals surface area contributed by atoms with E-state index in [4.69, 9.17) is 0 Å². The Labute approximate surface area is 294 Å². The molecule has 0 aliphatic carbocycles. The quantitative estimate of drug-likeness (QED) is 0.0491. The Kier molecular flexibility index (Phi) is 37.6. The first-order valence-corrected chi connectivity index (χ1v) is 21.3. The van der Waals surface area contributed by atoms with Crippen molar-refractivity contribution < 1.29 is 20.1 Å². The number of aliphatic hydroxyl groups excluding tert-OH is 3. The first kappa shape index (κ1) is 46.4. The Morgan fingerprint density at radius 2 is 0.723 bits per heavy atom. The van der Waals surface area contributed by atoms with Crippen molar-refractivity contribution in [3.63, 3.8) is 0 Å². The van der Waals surface area contributed by atoms with Gasteiger partial charge in [-0.05, 0) is 12.8 Å². The predicted molar refractivity (Wildman–Crippen MR) is 204 cm³/mol. The number of amides is 1. The zero-order valence-electron chi connectivity index (χ0n) is 31.9. The Hall–Kier alpha value is -0.650. The first-order valence-electron chi connectivity index (χ1n) is 21.3. The molecule has 0 bridgehead atoms. The second-order valence-electron chi connectivity index (χ2n) is 14.9. The standard InChI is InChI=1S/C42H85NO4/c1-3-5-7-9-11-13-15-17-18-19-20-21-22-23-24-25-26-28-30-32-34-36-40(45)42(47)39(38-44)43-41(46)37-35-33-31-29-27-16-14-12-10-8-6-4-2/h39-40,42,44-45,47H,3-38H2,1-2H3,(H,43,46). The molecule has 0 rings (SSSR count). The lowest BCUT2D eigenvalue weighted by atomic mass is 9.99. The SMILES string of the molecule is CCCCCCCCCCCCCCCCCCCCCCCC(O)C(O)C(CO)NC(=O)CCCCCCCCCCCCCC. The fourth-order valence-electron chi connectivity index (χ4n) is 6.87. The average molecular weight is 668 g/mol. The van der Waals surface area contributed by atoms with Gasteiger partial charge in [-0.1, -0.05) is 219 Å². The third-order valence-electron chi connectivity index (χ3n) is 10.2. The van der Waals surface area contributed by atoms with Gasteiger partial charge in [0.2, 0.25) is 5.91 Å². The van der Waals surface area contributed by atoms with E-state index in [0.29, 0.717) is 12.8 Å². The van der Waals surface area contributed by atoms with Crippen LogP contribution in [0.15, 0.2) is 0 Å². The van der Waals surface area contributed by atoms with Crippen LogP contribution in [-0.4, -0.2) is 46.1 Å².